The lowest BCUT2D eigenvalue weighted by Crippen LogP contribution is -2.08. The molecule has 0 saturated heterocycles. The number of aliphatic hydroxyl groups excluding tert-OH is 1. The number of hydrogen-bond donors (Lipinski definition) is 1. The standard InChI is InChI=1S/C38H36O4/c39-37(33-19-11-4-12-20-33)27-36(32-17-9-3-10-18-32)38(41-26-25-40-28-30-13-5-1-6-14-30)34-21-23-35(24-22-34)42-29-31-15-7-2-8-16-31/h1-24,37,39H,25-29H2. The predicted molar refractivity (Wildman–Crippen MR) is 169 cm³/mol. The molecule has 0 bridgehead atoms. The molecule has 0 aliphatic rings. The third kappa shape index (κ3) is 8.43. The van der Waals surface area contributed by atoms with E-state index >= 15 is 0 Å². The molecule has 0 aliphatic carbocycles. The third-order valence-corrected chi connectivity index (χ3v) is 6.93. The molecule has 212 valence electrons. The van der Waals surface area contributed by atoms with Crippen molar-refractivity contribution in [1.82, 2.24) is 0 Å². The number of rotatable bonds is 14. The van der Waals surface area contributed by atoms with Crippen molar-refractivity contribution in [2.24, 2.45) is 0 Å². The predicted octanol–water partition coefficient (Wildman–Crippen LogP) is 8.49. The van der Waals surface area contributed by atoms with Crippen molar-refractivity contribution in [3.05, 3.63) is 173 Å². The molecule has 1 atom stereocenters. The Bertz CT molecular complexity index is 1500. The molecule has 5 rings (SSSR count). The normalized spacial score (nSPS) is 12.3. The SMILES string of the molecule is OC(CC(=C(OCCOCc1ccccc1)c1ccc(OCc2ccccc2)cc1)c1ccccc1)c1ccccc1. The molecular weight excluding hydrogens is 520 g/mol. The summed E-state index contributed by atoms with van der Waals surface area (Å²) in [5.74, 6) is 1.49. The Morgan fingerprint density at radius 2 is 1.10 bits per heavy atom. The molecule has 0 amide bonds. The zero-order chi connectivity index (χ0) is 28.8. The van der Waals surface area contributed by atoms with Crippen LogP contribution >= 0.6 is 0 Å². The highest BCUT2D eigenvalue weighted by molar-refractivity contribution is 5.88. The van der Waals surface area contributed by atoms with Crippen LogP contribution in [0, 0.1) is 0 Å². The lowest BCUT2D eigenvalue weighted by Gasteiger charge is -2.21. The first kappa shape index (κ1) is 28.9. The van der Waals surface area contributed by atoms with Crippen LogP contribution in [0.3, 0.4) is 0 Å². The average molecular weight is 557 g/mol. The highest BCUT2D eigenvalue weighted by atomic mass is 16.5. The van der Waals surface area contributed by atoms with Gasteiger partial charge in [0.25, 0.3) is 0 Å². The molecule has 4 nitrogen and oxygen atoms in total. The summed E-state index contributed by atoms with van der Waals surface area (Å²) >= 11 is 0. The fourth-order valence-electron chi connectivity index (χ4n) is 4.72. The van der Waals surface area contributed by atoms with Crippen molar-refractivity contribution in [3.8, 4) is 5.75 Å². The lowest BCUT2D eigenvalue weighted by molar-refractivity contribution is 0.0806. The fourth-order valence-corrected chi connectivity index (χ4v) is 4.72. The topological polar surface area (TPSA) is 47.9 Å². The minimum atomic E-state index is -0.692. The summed E-state index contributed by atoms with van der Waals surface area (Å²) in [6, 6.07) is 48.0. The van der Waals surface area contributed by atoms with Crippen LogP contribution in [-0.4, -0.2) is 18.3 Å². The van der Waals surface area contributed by atoms with Gasteiger partial charge in [-0.25, -0.2) is 0 Å². The van der Waals surface area contributed by atoms with Gasteiger partial charge in [0.2, 0.25) is 0 Å². The van der Waals surface area contributed by atoms with Gasteiger partial charge in [0, 0.05) is 17.6 Å². The average Bonchev–Trinajstić information content (AvgIpc) is 3.06. The quantitative estimate of drug-likeness (QED) is 0.0846. The Hall–Kier alpha value is -4.64. The van der Waals surface area contributed by atoms with Gasteiger partial charge < -0.3 is 19.3 Å². The van der Waals surface area contributed by atoms with Gasteiger partial charge in [-0.3, -0.25) is 0 Å². The molecule has 0 saturated carbocycles. The van der Waals surface area contributed by atoms with Crippen molar-refractivity contribution >= 4 is 11.3 Å². The summed E-state index contributed by atoms with van der Waals surface area (Å²) in [5, 5.41) is 11.3. The van der Waals surface area contributed by atoms with Crippen LogP contribution < -0.4 is 4.74 Å². The largest absolute Gasteiger partial charge is 0.490 e. The van der Waals surface area contributed by atoms with Crippen molar-refractivity contribution in [1.29, 1.82) is 0 Å². The summed E-state index contributed by atoms with van der Waals surface area (Å²) in [4.78, 5) is 0. The highest BCUT2D eigenvalue weighted by Crippen LogP contribution is 2.35. The van der Waals surface area contributed by atoms with Crippen LogP contribution in [0.2, 0.25) is 0 Å². The molecule has 0 fully saturated rings. The van der Waals surface area contributed by atoms with E-state index < -0.39 is 6.10 Å². The van der Waals surface area contributed by atoms with E-state index in [1.165, 1.54) is 0 Å². The molecule has 0 radical (unpaired) electrons. The maximum atomic E-state index is 11.3. The first-order valence-electron chi connectivity index (χ1n) is 14.3. The van der Waals surface area contributed by atoms with Gasteiger partial charge in [-0.15, -0.1) is 0 Å². The molecule has 5 aromatic rings. The molecule has 1 unspecified atom stereocenters. The molecule has 5 aromatic carbocycles. The Morgan fingerprint density at radius 3 is 1.71 bits per heavy atom. The number of benzene rings is 5. The van der Waals surface area contributed by atoms with Crippen molar-refractivity contribution in [2.45, 2.75) is 25.7 Å². The Balaban J connectivity index is 1.40. The monoisotopic (exact) mass is 556 g/mol. The second kappa shape index (κ2) is 15.4. The van der Waals surface area contributed by atoms with E-state index in [9.17, 15) is 5.11 Å². The lowest BCUT2D eigenvalue weighted by atomic mass is 9.93. The van der Waals surface area contributed by atoms with Gasteiger partial charge in [0.05, 0.1) is 19.3 Å². The van der Waals surface area contributed by atoms with E-state index in [0.29, 0.717) is 38.6 Å². The molecule has 0 heterocycles. The van der Waals surface area contributed by atoms with Gasteiger partial charge in [0.15, 0.2) is 0 Å². The zero-order valence-electron chi connectivity index (χ0n) is 23.6. The first-order chi connectivity index (χ1) is 20.8. The van der Waals surface area contributed by atoms with Crippen LogP contribution in [0.5, 0.6) is 5.75 Å². The van der Waals surface area contributed by atoms with E-state index in [-0.39, 0.29) is 0 Å². The van der Waals surface area contributed by atoms with Crippen molar-refractivity contribution in [2.75, 3.05) is 13.2 Å². The minimum Gasteiger partial charge on any atom is -0.490 e. The van der Waals surface area contributed by atoms with E-state index in [2.05, 4.69) is 12.1 Å². The van der Waals surface area contributed by atoms with Crippen molar-refractivity contribution in [3.63, 3.8) is 0 Å². The maximum Gasteiger partial charge on any atom is 0.130 e. The molecule has 1 N–H and O–H groups in total. The van der Waals surface area contributed by atoms with E-state index in [1.807, 2.05) is 133 Å². The smallest absolute Gasteiger partial charge is 0.130 e. The Morgan fingerprint density at radius 1 is 0.548 bits per heavy atom. The van der Waals surface area contributed by atoms with E-state index in [1.54, 1.807) is 0 Å². The van der Waals surface area contributed by atoms with Gasteiger partial charge in [-0.1, -0.05) is 121 Å². The minimum absolute atomic E-state index is 0.367. The van der Waals surface area contributed by atoms with E-state index in [0.717, 1.165) is 39.1 Å². The Labute approximate surface area is 248 Å². The molecule has 4 heteroatoms. The van der Waals surface area contributed by atoms with E-state index in [4.69, 9.17) is 14.2 Å². The summed E-state index contributed by atoms with van der Waals surface area (Å²) in [6.07, 6.45) is -0.302. The molecule has 0 aromatic heterocycles. The second-order valence-corrected chi connectivity index (χ2v) is 9.99. The summed E-state index contributed by atoms with van der Waals surface area (Å²) in [7, 11) is 0. The molecule has 42 heavy (non-hydrogen) atoms. The number of hydrogen-bond acceptors (Lipinski definition) is 4. The molecule has 0 aliphatic heterocycles. The third-order valence-electron chi connectivity index (χ3n) is 6.93. The van der Waals surface area contributed by atoms with Gasteiger partial charge in [-0.2, -0.15) is 0 Å². The van der Waals surface area contributed by atoms with Crippen molar-refractivity contribution < 1.29 is 19.3 Å². The fraction of sp³-hybridized carbons (Fsp3) is 0.158. The summed E-state index contributed by atoms with van der Waals surface area (Å²) < 4.78 is 18.4. The number of ether oxygens (including phenoxy) is 3. The summed E-state index contributed by atoms with van der Waals surface area (Å²) in [5.41, 5.74) is 5.92. The van der Waals surface area contributed by atoms with Crippen LogP contribution in [0.4, 0.5) is 0 Å². The van der Waals surface area contributed by atoms with Gasteiger partial charge in [0.1, 0.15) is 24.7 Å². The highest BCUT2D eigenvalue weighted by Gasteiger charge is 2.19. The molecular formula is C38H36O4. The van der Waals surface area contributed by atoms with Crippen LogP contribution in [-0.2, 0) is 22.7 Å². The maximum absolute atomic E-state index is 11.3. The number of aliphatic hydroxyl groups is 1. The zero-order valence-corrected chi connectivity index (χ0v) is 23.6. The van der Waals surface area contributed by atoms with Gasteiger partial charge >= 0.3 is 0 Å². The Kier molecular flexibility index (Phi) is 10.6. The van der Waals surface area contributed by atoms with Crippen LogP contribution in [0.1, 0.15) is 40.3 Å². The van der Waals surface area contributed by atoms with Crippen LogP contribution in [0.25, 0.3) is 11.3 Å². The first-order valence-corrected chi connectivity index (χ1v) is 14.3. The molecule has 0 spiro atoms. The van der Waals surface area contributed by atoms with Gasteiger partial charge in [-0.05, 0) is 46.5 Å². The van der Waals surface area contributed by atoms with Crippen LogP contribution in [0.15, 0.2) is 146 Å². The summed E-state index contributed by atoms with van der Waals surface area (Å²) in [6.45, 7) is 1.82. The second-order valence-electron chi connectivity index (χ2n) is 9.99.